The second kappa shape index (κ2) is 4.51. The highest BCUT2D eigenvalue weighted by Gasteiger charge is 2.06. The summed E-state index contributed by atoms with van der Waals surface area (Å²) in [5.74, 6) is 0.649. The molecule has 0 spiro atoms. The monoisotopic (exact) mass is 345 g/mol. The van der Waals surface area contributed by atoms with Crippen molar-refractivity contribution in [1.29, 1.82) is 0 Å². The molecule has 0 fully saturated rings. The Labute approximate surface area is 108 Å². The van der Waals surface area contributed by atoms with Gasteiger partial charge in [-0.25, -0.2) is 4.98 Å². The standard InChI is InChI=1S/C9H5Br2N3S/c10-5-2-1-3-12-7(5)8-13-4-6(11)9(15)14-8/h1-4H,(H,13,14,15). The third-order valence-corrected chi connectivity index (χ3v) is 3.56. The number of pyridine rings is 1. The number of halogens is 2. The Morgan fingerprint density at radius 2 is 2.00 bits per heavy atom. The molecule has 3 nitrogen and oxygen atoms in total. The van der Waals surface area contributed by atoms with Crippen molar-refractivity contribution in [3.63, 3.8) is 0 Å². The van der Waals surface area contributed by atoms with Gasteiger partial charge in [-0.05, 0) is 44.0 Å². The molecule has 0 aliphatic rings. The third kappa shape index (κ3) is 2.32. The highest BCUT2D eigenvalue weighted by molar-refractivity contribution is 9.10. The fraction of sp³-hybridized carbons (Fsp3) is 0. The molecule has 0 bridgehead atoms. The molecule has 0 saturated carbocycles. The summed E-state index contributed by atoms with van der Waals surface area (Å²) in [5.41, 5.74) is 0.746. The number of H-pyrrole nitrogens is 1. The van der Waals surface area contributed by atoms with Gasteiger partial charge in [0.1, 0.15) is 10.3 Å². The van der Waals surface area contributed by atoms with Gasteiger partial charge in [-0.2, -0.15) is 0 Å². The number of nitrogens with zero attached hydrogens (tertiary/aromatic N) is 2. The molecule has 0 aliphatic heterocycles. The van der Waals surface area contributed by atoms with E-state index in [0.717, 1.165) is 14.6 Å². The van der Waals surface area contributed by atoms with Gasteiger partial charge >= 0.3 is 0 Å². The van der Waals surface area contributed by atoms with Gasteiger partial charge in [0.25, 0.3) is 0 Å². The lowest BCUT2D eigenvalue weighted by Gasteiger charge is -2.02. The Hall–Kier alpha value is -0.590. The molecule has 2 rings (SSSR count). The van der Waals surface area contributed by atoms with Crippen molar-refractivity contribution in [3.05, 3.63) is 38.1 Å². The topological polar surface area (TPSA) is 41.6 Å². The van der Waals surface area contributed by atoms with Crippen LogP contribution in [0.4, 0.5) is 0 Å². The first kappa shape index (κ1) is 10.9. The van der Waals surface area contributed by atoms with Crippen molar-refractivity contribution in [2.45, 2.75) is 0 Å². The molecule has 2 heterocycles. The minimum atomic E-state index is 0.609. The van der Waals surface area contributed by atoms with Crippen molar-refractivity contribution in [1.82, 2.24) is 15.0 Å². The first-order valence-corrected chi connectivity index (χ1v) is 6.03. The van der Waals surface area contributed by atoms with Crippen molar-refractivity contribution in [3.8, 4) is 11.5 Å². The summed E-state index contributed by atoms with van der Waals surface area (Å²) in [6.45, 7) is 0. The molecule has 0 saturated heterocycles. The van der Waals surface area contributed by atoms with Crippen LogP contribution in [0.1, 0.15) is 0 Å². The highest BCUT2D eigenvalue weighted by atomic mass is 79.9. The minimum Gasteiger partial charge on any atom is -0.328 e. The molecule has 76 valence electrons. The van der Waals surface area contributed by atoms with E-state index in [1.165, 1.54) is 0 Å². The van der Waals surface area contributed by atoms with Gasteiger partial charge in [-0.15, -0.1) is 0 Å². The van der Waals surface area contributed by atoms with E-state index in [1.807, 2.05) is 12.1 Å². The zero-order chi connectivity index (χ0) is 10.8. The SMILES string of the molecule is S=c1[nH]c(-c2ncccc2Br)ncc1Br. The lowest BCUT2D eigenvalue weighted by Crippen LogP contribution is -1.92. The Morgan fingerprint density at radius 3 is 2.67 bits per heavy atom. The number of aromatic nitrogens is 3. The lowest BCUT2D eigenvalue weighted by atomic mass is 10.3. The lowest BCUT2D eigenvalue weighted by molar-refractivity contribution is 1.11. The van der Waals surface area contributed by atoms with Crippen LogP contribution in [-0.2, 0) is 0 Å². The second-order valence-corrected chi connectivity index (χ2v) is 4.86. The van der Waals surface area contributed by atoms with E-state index in [4.69, 9.17) is 12.2 Å². The van der Waals surface area contributed by atoms with Crippen LogP contribution in [0.3, 0.4) is 0 Å². The molecule has 2 aromatic rings. The van der Waals surface area contributed by atoms with Crippen LogP contribution in [0.15, 0.2) is 33.5 Å². The first-order valence-electron chi connectivity index (χ1n) is 4.04. The van der Waals surface area contributed by atoms with E-state index in [2.05, 4.69) is 46.8 Å². The molecule has 0 amide bonds. The van der Waals surface area contributed by atoms with Crippen molar-refractivity contribution in [2.75, 3.05) is 0 Å². The predicted octanol–water partition coefficient (Wildman–Crippen LogP) is 3.73. The molecule has 1 N–H and O–H groups in total. The maximum Gasteiger partial charge on any atom is 0.158 e. The normalized spacial score (nSPS) is 10.3. The molecule has 0 aliphatic carbocycles. The summed E-state index contributed by atoms with van der Waals surface area (Å²) < 4.78 is 2.26. The van der Waals surface area contributed by atoms with Crippen LogP contribution in [0.2, 0.25) is 0 Å². The molecular formula is C9H5Br2N3S. The zero-order valence-electron chi connectivity index (χ0n) is 7.37. The Morgan fingerprint density at radius 1 is 1.20 bits per heavy atom. The largest absolute Gasteiger partial charge is 0.328 e. The summed E-state index contributed by atoms with van der Waals surface area (Å²) in [7, 11) is 0. The molecule has 2 aromatic heterocycles. The number of rotatable bonds is 1. The van der Waals surface area contributed by atoms with Gasteiger partial charge in [-0.3, -0.25) is 4.98 Å². The van der Waals surface area contributed by atoms with E-state index in [-0.39, 0.29) is 0 Å². The van der Waals surface area contributed by atoms with Crippen LogP contribution in [0.25, 0.3) is 11.5 Å². The second-order valence-electron chi connectivity index (χ2n) is 2.74. The zero-order valence-corrected chi connectivity index (χ0v) is 11.4. The Bertz CT molecular complexity index is 553. The predicted molar refractivity (Wildman–Crippen MR) is 68.1 cm³/mol. The summed E-state index contributed by atoms with van der Waals surface area (Å²) in [6.07, 6.45) is 3.37. The van der Waals surface area contributed by atoms with E-state index in [9.17, 15) is 0 Å². The minimum absolute atomic E-state index is 0.609. The molecule has 0 radical (unpaired) electrons. The summed E-state index contributed by atoms with van der Waals surface area (Å²) >= 11 is 11.8. The molecule has 15 heavy (non-hydrogen) atoms. The third-order valence-electron chi connectivity index (χ3n) is 1.74. The van der Waals surface area contributed by atoms with Crippen LogP contribution < -0.4 is 0 Å². The average Bonchev–Trinajstić information content (AvgIpc) is 2.23. The first-order chi connectivity index (χ1) is 7.18. The molecule has 6 heteroatoms. The van der Waals surface area contributed by atoms with Gasteiger partial charge in [0.15, 0.2) is 5.82 Å². The number of hydrogen-bond acceptors (Lipinski definition) is 3. The van der Waals surface area contributed by atoms with Crippen LogP contribution in [0.5, 0.6) is 0 Å². The summed E-state index contributed by atoms with van der Waals surface area (Å²) in [5, 5.41) is 0. The van der Waals surface area contributed by atoms with Crippen LogP contribution in [-0.4, -0.2) is 15.0 Å². The number of hydrogen-bond donors (Lipinski definition) is 1. The fourth-order valence-electron chi connectivity index (χ4n) is 1.06. The molecule has 0 unspecified atom stereocenters. The van der Waals surface area contributed by atoms with Gasteiger partial charge < -0.3 is 4.98 Å². The van der Waals surface area contributed by atoms with Gasteiger partial charge in [0.2, 0.25) is 0 Å². The van der Waals surface area contributed by atoms with Crippen LogP contribution >= 0.6 is 44.1 Å². The Kier molecular flexibility index (Phi) is 3.28. The van der Waals surface area contributed by atoms with E-state index >= 15 is 0 Å². The summed E-state index contributed by atoms with van der Waals surface area (Å²) in [4.78, 5) is 11.4. The fourth-order valence-corrected chi connectivity index (χ4v) is 1.85. The summed E-state index contributed by atoms with van der Waals surface area (Å²) in [6, 6.07) is 3.75. The molecule has 0 atom stereocenters. The molecule has 0 aromatic carbocycles. The van der Waals surface area contributed by atoms with Gasteiger partial charge in [0.05, 0.1) is 4.47 Å². The van der Waals surface area contributed by atoms with Gasteiger partial charge in [0, 0.05) is 16.9 Å². The maximum atomic E-state index is 5.10. The van der Waals surface area contributed by atoms with E-state index in [0.29, 0.717) is 10.5 Å². The van der Waals surface area contributed by atoms with E-state index < -0.39 is 0 Å². The van der Waals surface area contributed by atoms with Crippen molar-refractivity contribution in [2.24, 2.45) is 0 Å². The smallest absolute Gasteiger partial charge is 0.158 e. The maximum absolute atomic E-state index is 5.10. The number of aromatic amines is 1. The van der Waals surface area contributed by atoms with Crippen LogP contribution in [0, 0.1) is 4.64 Å². The average molecular weight is 347 g/mol. The van der Waals surface area contributed by atoms with Crippen molar-refractivity contribution < 1.29 is 0 Å². The van der Waals surface area contributed by atoms with Crippen molar-refractivity contribution >= 4 is 44.1 Å². The van der Waals surface area contributed by atoms with Gasteiger partial charge in [-0.1, -0.05) is 12.2 Å². The highest BCUT2D eigenvalue weighted by Crippen LogP contribution is 2.23. The van der Waals surface area contributed by atoms with E-state index in [1.54, 1.807) is 12.4 Å². The number of nitrogens with one attached hydrogen (secondary N) is 1. The quantitative estimate of drug-likeness (QED) is 0.800. The Balaban J connectivity index is 2.60. The molecular weight excluding hydrogens is 342 g/mol.